The summed E-state index contributed by atoms with van der Waals surface area (Å²) in [5.74, 6) is 0. The van der Waals surface area contributed by atoms with Gasteiger partial charge in [0, 0.05) is 5.02 Å². The lowest BCUT2D eigenvalue weighted by Crippen LogP contribution is -1.98. The maximum absolute atomic E-state index is 9.58. The minimum absolute atomic E-state index is 0.385. The number of aliphatic hydroxyl groups is 1. The van der Waals surface area contributed by atoms with Gasteiger partial charge in [0.25, 0.3) is 0 Å². The Morgan fingerprint density at radius 1 is 1.50 bits per heavy atom. The molecule has 1 N–H and O–H groups in total. The van der Waals surface area contributed by atoms with Gasteiger partial charge in [-0.05, 0) is 30.5 Å². The van der Waals surface area contributed by atoms with E-state index in [-0.39, 0.29) is 6.10 Å². The van der Waals surface area contributed by atoms with Gasteiger partial charge in [0.15, 0.2) is 0 Å². The van der Waals surface area contributed by atoms with E-state index < -0.39 is 0 Å². The predicted molar refractivity (Wildman–Crippen MR) is 51.4 cm³/mol. The zero-order chi connectivity index (χ0) is 9.14. The van der Waals surface area contributed by atoms with E-state index >= 15 is 0 Å². The molecule has 0 saturated carbocycles. The second kappa shape index (κ2) is 3.92. The van der Waals surface area contributed by atoms with E-state index in [1.165, 1.54) is 0 Å². The Bertz CT molecular complexity index is 271. The first kappa shape index (κ1) is 9.56. The molecule has 0 aliphatic heterocycles. The van der Waals surface area contributed by atoms with Crippen molar-refractivity contribution in [3.05, 3.63) is 34.3 Å². The van der Waals surface area contributed by atoms with Crippen molar-refractivity contribution >= 4 is 11.6 Å². The summed E-state index contributed by atoms with van der Waals surface area (Å²) in [5.41, 5.74) is 1.92. The third-order valence-electron chi connectivity index (χ3n) is 2.06. The number of benzene rings is 1. The molecule has 0 aromatic heterocycles. The summed E-state index contributed by atoms with van der Waals surface area (Å²) < 4.78 is 0. The molecule has 1 rings (SSSR count). The van der Waals surface area contributed by atoms with Gasteiger partial charge >= 0.3 is 0 Å². The SMILES string of the molecule is CC[C@@H](O)c1cccc(Cl)c1C. The summed E-state index contributed by atoms with van der Waals surface area (Å²) >= 11 is 5.90. The Morgan fingerprint density at radius 2 is 2.17 bits per heavy atom. The second-order valence-corrected chi connectivity index (χ2v) is 3.29. The Kier molecular flexibility index (Phi) is 3.12. The molecule has 0 radical (unpaired) electrons. The number of hydrogen-bond acceptors (Lipinski definition) is 1. The average Bonchev–Trinajstić information content (AvgIpc) is 2.08. The maximum Gasteiger partial charge on any atom is 0.0790 e. The van der Waals surface area contributed by atoms with E-state index in [1.54, 1.807) is 0 Å². The van der Waals surface area contributed by atoms with Gasteiger partial charge in [-0.25, -0.2) is 0 Å². The molecule has 0 saturated heterocycles. The van der Waals surface area contributed by atoms with Crippen LogP contribution in [0, 0.1) is 6.92 Å². The van der Waals surface area contributed by atoms with Crippen LogP contribution < -0.4 is 0 Å². The van der Waals surface area contributed by atoms with Gasteiger partial charge in [0.05, 0.1) is 6.10 Å². The summed E-state index contributed by atoms with van der Waals surface area (Å²) in [7, 11) is 0. The molecule has 0 unspecified atom stereocenters. The summed E-state index contributed by atoms with van der Waals surface area (Å²) in [5, 5.41) is 10.3. The van der Waals surface area contributed by atoms with E-state index in [1.807, 2.05) is 32.0 Å². The van der Waals surface area contributed by atoms with Crippen molar-refractivity contribution in [3.8, 4) is 0 Å². The van der Waals surface area contributed by atoms with Crippen LogP contribution in [0.1, 0.15) is 30.6 Å². The average molecular weight is 185 g/mol. The van der Waals surface area contributed by atoms with E-state index in [9.17, 15) is 5.11 Å². The second-order valence-electron chi connectivity index (χ2n) is 2.88. The van der Waals surface area contributed by atoms with Crippen LogP contribution in [0.2, 0.25) is 5.02 Å². The van der Waals surface area contributed by atoms with E-state index in [4.69, 9.17) is 11.6 Å². The fourth-order valence-electron chi connectivity index (χ4n) is 1.21. The van der Waals surface area contributed by atoms with Crippen LogP contribution in [0.3, 0.4) is 0 Å². The molecule has 0 bridgehead atoms. The molecule has 1 nitrogen and oxygen atoms in total. The number of halogens is 1. The van der Waals surface area contributed by atoms with Crippen LogP contribution >= 0.6 is 11.6 Å². The van der Waals surface area contributed by atoms with Gasteiger partial charge < -0.3 is 5.11 Å². The van der Waals surface area contributed by atoms with E-state index in [0.717, 1.165) is 22.6 Å². The van der Waals surface area contributed by atoms with Crippen molar-refractivity contribution in [2.45, 2.75) is 26.4 Å². The number of hydrogen-bond donors (Lipinski definition) is 1. The van der Waals surface area contributed by atoms with Crippen LogP contribution in [-0.2, 0) is 0 Å². The molecule has 0 amide bonds. The molecule has 66 valence electrons. The highest BCUT2D eigenvalue weighted by molar-refractivity contribution is 6.31. The standard InChI is InChI=1S/C10H13ClO/c1-3-10(12)8-5-4-6-9(11)7(8)2/h4-6,10,12H,3H2,1-2H3/t10-/m1/s1. The normalized spacial score (nSPS) is 13.0. The maximum atomic E-state index is 9.58. The molecule has 1 aromatic carbocycles. The lowest BCUT2D eigenvalue weighted by atomic mass is 10.0. The zero-order valence-corrected chi connectivity index (χ0v) is 8.10. The fraction of sp³-hybridized carbons (Fsp3) is 0.400. The third-order valence-corrected chi connectivity index (χ3v) is 2.46. The van der Waals surface area contributed by atoms with Crippen LogP contribution in [0.15, 0.2) is 18.2 Å². The monoisotopic (exact) mass is 184 g/mol. The quantitative estimate of drug-likeness (QED) is 0.749. The molecule has 0 heterocycles. The van der Waals surface area contributed by atoms with Gasteiger partial charge in [-0.3, -0.25) is 0 Å². The Labute approximate surface area is 78.0 Å². The van der Waals surface area contributed by atoms with Crippen molar-refractivity contribution in [3.63, 3.8) is 0 Å². The lowest BCUT2D eigenvalue weighted by Gasteiger charge is -2.11. The van der Waals surface area contributed by atoms with Crippen LogP contribution in [0.4, 0.5) is 0 Å². The highest BCUT2D eigenvalue weighted by Gasteiger charge is 2.08. The minimum Gasteiger partial charge on any atom is -0.388 e. The first-order valence-corrected chi connectivity index (χ1v) is 4.47. The van der Waals surface area contributed by atoms with Crippen molar-refractivity contribution < 1.29 is 5.11 Å². The van der Waals surface area contributed by atoms with Crippen LogP contribution in [-0.4, -0.2) is 5.11 Å². The summed E-state index contributed by atoms with van der Waals surface area (Å²) in [4.78, 5) is 0. The van der Waals surface area contributed by atoms with Gasteiger partial charge in [-0.2, -0.15) is 0 Å². The van der Waals surface area contributed by atoms with E-state index in [2.05, 4.69) is 0 Å². The van der Waals surface area contributed by atoms with Gasteiger partial charge in [-0.1, -0.05) is 30.7 Å². The Balaban J connectivity index is 3.07. The predicted octanol–water partition coefficient (Wildman–Crippen LogP) is 3.09. The lowest BCUT2D eigenvalue weighted by molar-refractivity contribution is 0.173. The Hall–Kier alpha value is -0.530. The van der Waals surface area contributed by atoms with Gasteiger partial charge in [0.1, 0.15) is 0 Å². The van der Waals surface area contributed by atoms with Crippen molar-refractivity contribution in [2.24, 2.45) is 0 Å². The van der Waals surface area contributed by atoms with Crippen LogP contribution in [0.5, 0.6) is 0 Å². The van der Waals surface area contributed by atoms with Crippen molar-refractivity contribution in [2.75, 3.05) is 0 Å². The highest BCUT2D eigenvalue weighted by Crippen LogP contribution is 2.25. The summed E-state index contributed by atoms with van der Waals surface area (Å²) in [6.45, 7) is 3.88. The fourth-order valence-corrected chi connectivity index (χ4v) is 1.39. The minimum atomic E-state index is -0.385. The summed E-state index contributed by atoms with van der Waals surface area (Å²) in [6.07, 6.45) is 0.338. The molecule has 0 aliphatic rings. The first-order valence-electron chi connectivity index (χ1n) is 4.10. The number of rotatable bonds is 2. The molecular weight excluding hydrogens is 172 g/mol. The molecule has 1 aromatic rings. The highest BCUT2D eigenvalue weighted by atomic mass is 35.5. The molecular formula is C10H13ClO. The molecule has 0 fully saturated rings. The topological polar surface area (TPSA) is 20.2 Å². The Morgan fingerprint density at radius 3 is 2.75 bits per heavy atom. The smallest absolute Gasteiger partial charge is 0.0790 e. The molecule has 2 heteroatoms. The summed E-state index contributed by atoms with van der Waals surface area (Å²) in [6, 6.07) is 5.61. The largest absolute Gasteiger partial charge is 0.388 e. The number of aliphatic hydroxyl groups excluding tert-OH is 1. The molecule has 1 atom stereocenters. The molecule has 0 aliphatic carbocycles. The van der Waals surface area contributed by atoms with Gasteiger partial charge in [0.2, 0.25) is 0 Å². The van der Waals surface area contributed by atoms with Gasteiger partial charge in [-0.15, -0.1) is 0 Å². The van der Waals surface area contributed by atoms with Crippen molar-refractivity contribution in [1.29, 1.82) is 0 Å². The van der Waals surface area contributed by atoms with E-state index in [0.29, 0.717) is 0 Å². The van der Waals surface area contributed by atoms with Crippen molar-refractivity contribution in [1.82, 2.24) is 0 Å². The molecule has 12 heavy (non-hydrogen) atoms. The first-order chi connectivity index (χ1) is 5.66. The molecule has 0 spiro atoms. The third kappa shape index (κ3) is 1.79. The zero-order valence-electron chi connectivity index (χ0n) is 7.34. The van der Waals surface area contributed by atoms with Crippen LogP contribution in [0.25, 0.3) is 0 Å².